The normalized spacial score (nSPS) is 13.8. The number of nitrogens with zero attached hydrogens (tertiary/aromatic N) is 6. The number of aryl methyl sites for hydroxylation is 1. The molecular formula is C42H34F2N6S. The molecule has 5 aromatic carbocycles. The van der Waals surface area contributed by atoms with Crippen LogP contribution in [0.4, 0.5) is 14.5 Å². The van der Waals surface area contributed by atoms with Crippen LogP contribution >= 0.6 is 11.8 Å². The Morgan fingerprint density at radius 2 is 1.33 bits per heavy atom. The lowest BCUT2D eigenvalue weighted by atomic mass is 9.77. The molecule has 0 spiro atoms. The van der Waals surface area contributed by atoms with Crippen LogP contribution in [0, 0.1) is 11.6 Å². The minimum Gasteiger partial charge on any atom is -0.319 e. The van der Waals surface area contributed by atoms with Gasteiger partial charge >= 0.3 is 0 Å². The molecule has 1 aliphatic heterocycles. The van der Waals surface area contributed by atoms with Crippen molar-refractivity contribution in [2.75, 3.05) is 0 Å². The van der Waals surface area contributed by atoms with Crippen LogP contribution in [0.15, 0.2) is 161 Å². The molecule has 3 heterocycles. The number of benzene rings is 5. The van der Waals surface area contributed by atoms with Gasteiger partial charge in [-0.3, -0.25) is 4.99 Å². The van der Waals surface area contributed by atoms with E-state index in [2.05, 4.69) is 103 Å². The largest absolute Gasteiger partial charge is 0.319 e. The number of halogens is 2. The highest BCUT2D eigenvalue weighted by Gasteiger charge is 2.38. The molecule has 0 saturated heterocycles. The average Bonchev–Trinajstić information content (AvgIpc) is 3.91. The lowest BCUT2D eigenvalue weighted by Crippen LogP contribution is -2.36. The highest BCUT2D eigenvalue weighted by Crippen LogP contribution is 2.41. The van der Waals surface area contributed by atoms with E-state index >= 15 is 0 Å². The van der Waals surface area contributed by atoms with E-state index in [1.54, 1.807) is 18.2 Å². The molecule has 7 aromatic rings. The zero-order chi connectivity index (χ0) is 34.6. The quantitative estimate of drug-likeness (QED) is 0.120. The summed E-state index contributed by atoms with van der Waals surface area (Å²) in [5.41, 5.74) is 5.40. The summed E-state index contributed by atoms with van der Waals surface area (Å²) in [5.74, 6) is 0.191. The monoisotopic (exact) mass is 692 g/mol. The highest BCUT2D eigenvalue weighted by molar-refractivity contribution is 7.99. The third-order valence-electron chi connectivity index (χ3n) is 9.42. The Labute approximate surface area is 299 Å². The summed E-state index contributed by atoms with van der Waals surface area (Å²) in [7, 11) is 0. The van der Waals surface area contributed by atoms with Gasteiger partial charge in [-0.25, -0.2) is 13.8 Å². The van der Waals surface area contributed by atoms with Gasteiger partial charge in [0.15, 0.2) is 5.16 Å². The predicted molar refractivity (Wildman–Crippen MR) is 197 cm³/mol. The molecule has 0 amide bonds. The van der Waals surface area contributed by atoms with Crippen molar-refractivity contribution in [3.63, 3.8) is 0 Å². The molecule has 0 N–H and O–H groups in total. The molecule has 252 valence electrons. The smallest absolute Gasteiger partial charge is 0.196 e. The van der Waals surface area contributed by atoms with Crippen LogP contribution in [0.5, 0.6) is 0 Å². The topological polar surface area (TPSA) is 60.9 Å². The number of rotatable bonds is 12. The molecule has 1 atom stereocenters. The average molecular weight is 693 g/mol. The first-order valence-electron chi connectivity index (χ1n) is 17.0. The van der Waals surface area contributed by atoms with E-state index in [4.69, 9.17) is 4.98 Å². The summed E-state index contributed by atoms with van der Waals surface area (Å²) in [4.78, 5) is 10.3. The number of hydrogen-bond donors (Lipinski definition) is 0. The van der Waals surface area contributed by atoms with Gasteiger partial charge in [0.25, 0.3) is 0 Å². The number of fused-ring (bicyclic) bond motifs is 1. The fourth-order valence-electron chi connectivity index (χ4n) is 7.01. The highest BCUT2D eigenvalue weighted by atomic mass is 32.2. The molecule has 0 aliphatic carbocycles. The van der Waals surface area contributed by atoms with Gasteiger partial charge in [0.1, 0.15) is 23.0 Å². The first-order chi connectivity index (χ1) is 25.1. The Morgan fingerprint density at radius 3 is 1.98 bits per heavy atom. The molecule has 1 unspecified atom stereocenters. The van der Waals surface area contributed by atoms with E-state index in [1.807, 2.05) is 30.7 Å². The van der Waals surface area contributed by atoms with Crippen LogP contribution in [0.3, 0.4) is 0 Å². The fourth-order valence-corrected chi connectivity index (χ4v) is 7.88. The van der Waals surface area contributed by atoms with Gasteiger partial charge in [-0.1, -0.05) is 97.1 Å². The molecule has 1 aliphatic rings. The molecule has 8 rings (SSSR count). The first kappa shape index (κ1) is 32.5. The Morgan fingerprint density at radius 1 is 0.706 bits per heavy atom. The fraction of sp³-hybridized carbons (Fsp3) is 0.143. The SMILES string of the molecule is Fc1ccc(Sc2nnc(CC3C=Nc4cc(F)ccc43)n2CCCc2cn(C(c3ccccc3)(c3ccccc3)c3ccccc3)cn2)cc1. The second-order valence-corrected chi connectivity index (χ2v) is 13.6. The second-order valence-electron chi connectivity index (χ2n) is 12.6. The molecule has 0 fully saturated rings. The Hall–Kier alpha value is -5.67. The molecule has 9 heteroatoms. The van der Waals surface area contributed by atoms with Crippen molar-refractivity contribution in [1.29, 1.82) is 0 Å². The number of aromatic nitrogens is 5. The van der Waals surface area contributed by atoms with Crippen molar-refractivity contribution in [3.05, 3.63) is 191 Å². The number of hydrogen-bond acceptors (Lipinski definition) is 5. The van der Waals surface area contributed by atoms with Gasteiger partial charge in [-0.2, -0.15) is 0 Å². The second kappa shape index (κ2) is 14.3. The van der Waals surface area contributed by atoms with E-state index < -0.39 is 5.54 Å². The van der Waals surface area contributed by atoms with Gasteiger partial charge in [0, 0.05) is 36.2 Å². The zero-order valence-electron chi connectivity index (χ0n) is 27.7. The van der Waals surface area contributed by atoms with E-state index in [9.17, 15) is 8.78 Å². The van der Waals surface area contributed by atoms with Crippen molar-refractivity contribution in [1.82, 2.24) is 24.3 Å². The van der Waals surface area contributed by atoms with E-state index in [-0.39, 0.29) is 17.6 Å². The summed E-state index contributed by atoms with van der Waals surface area (Å²) >= 11 is 1.46. The predicted octanol–water partition coefficient (Wildman–Crippen LogP) is 9.42. The Balaban J connectivity index is 1.09. The van der Waals surface area contributed by atoms with Crippen LogP contribution in [-0.4, -0.2) is 30.5 Å². The van der Waals surface area contributed by atoms with Gasteiger partial charge in [-0.15, -0.1) is 10.2 Å². The van der Waals surface area contributed by atoms with E-state index in [1.165, 1.54) is 36.0 Å². The van der Waals surface area contributed by atoms with Crippen LogP contribution in [0.1, 0.15) is 46.1 Å². The maximum absolute atomic E-state index is 13.9. The summed E-state index contributed by atoms with van der Waals surface area (Å²) in [6.07, 6.45) is 8.06. The van der Waals surface area contributed by atoms with Gasteiger partial charge in [0.2, 0.25) is 0 Å². The maximum atomic E-state index is 13.9. The first-order valence-corrected chi connectivity index (χ1v) is 17.8. The molecular weight excluding hydrogens is 659 g/mol. The van der Waals surface area contributed by atoms with Gasteiger partial charge < -0.3 is 9.13 Å². The van der Waals surface area contributed by atoms with Crippen LogP contribution < -0.4 is 0 Å². The van der Waals surface area contributed by atoms with E-state index in [0.29, 0.717) is 18.7 Å². The van der Waals surface area contributed by atoms with Crippen LogP contribution in [-0.2, 0) is 24.9 Å². The molecule has 0 saturated carbocycles. The van der Waals surface area contributed by atoms with Gasteiger partial charge in [-0.05, 0) is 83.3 Å². The Kier molecular flexibility index (Phi) is 9.11. The summed E-state index contributed by atoms with van der Waals surface area (Å²) in [6.45, 7) is 0.653. The van der Waals surface area contributed by atoms with Crippen LogP contribution in [0.25, 0.3) is 0 Å². The molecule has 6 nitrogen and oxygen atoms in total. The van der Waals surface area contributed by atoms with Crippen molar-refractivity contribution in [2.45, 2.75) is 47.3 Å². The summed E-state index contributed by atoms with van der Waals surface area (Å²) < 4.78 is 32.0. The van der Waals surface area contributed by atoms with Gasteiger partial charge in [0.05, 0.1) is 17.7 Å². The van der Waals surface area contributed by atoms with E-state index in [0.717, 1.165) is 56.7 Å². The maximum Gasteiger partial charge on any atom is 0.196 e. The van der Waals surface area contributed by atoms with Crippen LogP contribution in [0.2, 0.25) is 0 Å². The third kappa shape index (κ3) is 6.53. The minimum absolute atomic E-state index is 0.0370. The number of aliphatic imine (C=N–C) groups is 1. The lowest BCUT2D eigenvalue weighted by Gasteiger charge is -2.37. The lowest BCUT2D eigenvalue weighted by molar-refractivity contribution is 0.513. The van der Waals surface area contributed by atoms with Crippen molar-refractivity contribution in [3.8, 4) is 0 Å². The number of imidazole rings is 1. The molecule has 51 heavy (non-hydrogen) atoms. The third-order valence-corrected chi connectivity index (χ3v) is 10.4. The Bertz CT molecular complexity index is 2170. The minimum atomic E-state index is -0.628. The molecule has 0 radical (unpaired) electrons. The van der Waals surface area contributed by atoms with Crippen molar-refractivity contribution < 1.29 is 8.78 Å². The molecule has 0 bridgehead atoms. The molecule has 2 aromatic heterocycles. The standard InChI is InChI=1S/C42H34F2N6S/c43-34-18-21-37(22-19-34)51-41-48-47-40(25-30-27-45-39-26-35(44)20-23-38(30)39)50(41)24-10-17-36-28-49(29-46-36)42(31-11-4-1-5-12-31,32-13-6-2-7-14-32)33-15-8-3-9-16-33/h1-9,11-16,18-23,26-30H,10,17,24-25H2. The van der Waals surface area contributed by atoms with Crippen molar-refractivity contribution >= 4 is 23.7 Å². The van der Waals surface area contributed by atoms with Crippen molar-refractivity contribution in [2.24, 2.45) is 4.99 Å². The summed E-state index contributed by atoms with van der Waals surface area (Å²) in [6, 6.07) is 42.8. The zero-order valence-corrected chi connectivity index (χ0v) is 28.5. The summed E-state index contributed by atoms with van der Waals surface area (Å²) in [5, 5.41) is 9.91.